The summed E-state index contributed by atoms with van der Waals surface area (Å²) in [5.41, 5.74) is 3.26. The smallest absolute Gasteiger partial charge is 0.299 e. The van der Waals surface area contributed by atoms with Gasteiger partial charge < -0.3 is 9.64 Å². The zero-order chi connectivity index (χ0) is 15.7. The first kappa shape index (κ1) is 14.3. The van der Waals surface area contributed by atoms with E-state index in [9.17, 15) is 9.59 Å². The van der Waals surface area contributed by atoms with Crippen molar-refractivity contribution in [1.29, 1.82) is 0 Å². The minimum Gasteiger partial charge on any atom is -0.491 e. The Morgan fingerprint density at radius 1 is 0.955 bits per heavy atom. The number of carbonyl (C=O) groups excluding carboxylic acids is 2. The zero-order valence-electron chi connectivity index (χ0n) is 12.6. The molecular formula is C18H17NO3. The zero-order valence-corrected chi connectivity index (χ0v) is 12.6. The lowest BCUT2D eigenvalue weighted by Gasteiger charge is -2.18. The van der Waals surface area contributed by atoms with Gasteiger partial charge in [0.2, 0.25) is 0 Å². The van der Waals surface area contributed by atoms with E-state index in [1.165, 1.54) is 4.90 Å². The number of anilines is 1. The van der Waals surface area contributed by atoms with Crippen LogP contribution in [0.25, 0.3) is 0 Å². The molecule has 4 nitrogen and oxygen atoms in total. The van der Waals surface area contributed by atoms with Gasteiger partial charge in [-0.25, -0.2) is 0 Å². The third-order valence-electron chi connectivity index (χ3n) is 3.85. The molecule has 0 saturated carbocycles. The Kier molecular flexibility index (Phi) is 3.67. The van der Waals surface area contributed by atoms with Crippen LogP contribution < -0.4 is 9.64 Å². The van der Waals surface area contributed by atoms with E-state index in [0.717, 1.165) is 16.9 Å². The van der Waals surface area contributed by atoms with Gasteiger partial charge in [0, 0.05) is 0 Å². The summed E-state index contributed by atoms with van der Waals surface area (Å²) < 4.78 is 5.82. The Morgan fingerprint density at radius 2 is 1.64 bits per heavy atom. The molecule has 0 aromatic heterocycles. The molecule has 2 aromatic rings. The third-order valence-corrected chi connectivity index (χ3v) is 3.85. The Hall–Kier alpha value is -2.62. The summed E-state index contributed by atoms with van der Waals surface area (Å²) in [6.07, 6.45) is 0. The number of para-hydroxylation sites is 2. The van der Waals surface area contributed by atoms with Crippen LogP contribution in [0.1, 0.15) is 21.5 Å². The minimum atomic E-state index is -0.480. The first-order valence-corrected chi connectivity index (χ1v) is 7.24. The summed E-state index contributed by atoms with van der Waals surface area (Å²) in [5, 5.41) is 0. The van der Waals surface area contributed by atoms with E-state index < -0.39 is 11.7 Å². The Labute approximate surface area is 129 Å². The number of hydrogen-bond donors (Lipinski definition) is 0. The second-order valence-corrected chi connectivity index (χ2v) is 5.37. The maximum atomic E-state index is 12.1. The van der Waals surface area contributed by atoms with Crippen LogP contribution in [0.2, 0.25) is 0 Å². The third kappa shape index (κ3) is 2.37. The fraction of sp³-hybridized carbons (Fsp3) is 0.222. The number of hydrogen-bond acceptors (Lipinski definition) is 3. The molecule has 22 heavy (non-hydrogen) atoms. The van der Waals surface area contributed by atoms with E-state index in [4.69, 9.17) is 4.74 Å². The summed E-state index contributed by atoms with van der Waals surface area (Å²) in [6, 6.07) is 13.0. The van der Waals surface area contributed by atoms with Crippen LogP contribution in [0.3, 0.4) is 0 Å². The number of nitrogens with zero attached hydrogens (tertiary/aromatic N) is 1. The molecule has 0 radical (unpaired) electrons. The number of aryl methyl sites for hydroxylation is 2. The Balaban J connectivity index is 1.73. The molecule has 1 heterocycles. The van der Waals surface area contributed by atoms with Crippen molar-refractivity contribution in [3.8, 4) is 5.75 Å². The van der Waals surface area contributed by atoms with Crippen LogP contribution in [0, 0.1) is 13.8 Å². The summed E-state index contributed by atoms with van der Waals surface area (Å²) in [4.78, 5) is 25.5. The standard InChI is InChI=1S/C18H17NO3/c1-12-6-5-7-13(2)17(12)22-11-10-19-15-9-4-3-8-14(15)16(20)18(19)21/h3-9H,10-11H2,1-2H3. The van der Waals surface area contributed by atoms with Crippen molar-refractivity contribution in [3.05, 3.63) is 59.2 Å². The molecule has 4 heteroatoms. The monoisotopic (exact) mass is 295 g/mol. The van der Waals surface area contributed by atoms with Crippen molar-refractivity contribution in [2.75, 3.05) is 18.1 Å². The van der Waals surface area contributed by atoms with E-state index >= 15 is 0 Å². The largest absolute Gasteiger partial charge is 0.491 e. The number of amides is 1. The molecular weight excluding hydrogens is 278 g/mol. The molecule has 0 N–H and O–H groups in total. The van der Waals surface area contributed by atoms with E-state index in [1.54, 1.807) is 18.2 Å². The van der Waals surface area contributed by atoms with Crippen molar-refractivity contribution in [2.24, 2.45) is 0 Å². The maximum absolute atomic E-state index is 12.1. The molecule has 0 unspecified atom stereocenters. The average molecular weight is 295 g/mol. The molecule has 112 valence electrons. The fourth-order valence-corrected chi connectivity index (χ4v) is 2.74. The molecule has 0 spiro atoms. The first-order valence-electron chi connectivity index (χ1n) is 7.24. The van der Waals surface area contributed by atoms with Crippen molar-refractivity contribution in [1.82, 2.24) is 0 Å². The van der Waals surface area contributed by atoms with Crippen LogP contribution in [0.5, 0.6) is 5.75 Å². The molecule has 1 amide bonds. The summed E-state index contributed by atoms with van der Waals surface area (Å²) in [6.45, 7) is 4.68. The number of carbonyl (C=O) groups is 2. The lowest BCUT2D eigenvalue weighted by molar-refractivity contribution is -0.114. The number of rotatable bonds is 4. The molecule has 0 aliphatic carbocycles. The highest BCUT2D eigenvalue weighted by atomic mass is 16.5. The molecule has 1 aliphatic rings. The van der Waals surface area contributed by atoms with Gasteiger partial charge in [-0.3, -0.25) is 9.59 Å². The van der Waals surface area contributed by atoms with Crippen molar-refractivity contribution in [2.45, 2.75) is 13.8 Å². The molecule has 0 fully saturated rings. The van der Waals surface area contributed by atoms with Crippen LogP contribution in [0.15, 0.2) is 42.5 Å². The number of benzene rings is 2. The number of ketones is 1. The number of Topliss-reactive ketones (excluding diaryl/α,β-unsaturated/α-hetero) is 1. The summed E-state index contributed by atoms with van der Waals surface area (Å²) in [7, 11) is 0. The van der Waals surface area contributed by atoms with Gasteiger partial charge in [-0.1, -0.05) is 30.3 Å². The van der Waals surface area contributed by atoms with Crippen LogP contribution in [0.4, 0.5) is 5.69 Å². The lowest BCUT2D eigenvalue weighted by Crippen LogP contribution is -2.33. The minimum absolute atomic E-state index is 0.346. The van der Waals surface area contributed by atoms with Crippen LogP contribution >= 0.6 is 0 Å². The maximum Gasteiger partial charge on any atom is 0.299 e. The van der Waals surface area contributed by atoms with E-state index in [2.05, 4.69) is 0 Å². The lowest BCUT2D eigenvalue weighted by atomic mass is 10.1. The second kappa shape index (κ2) is 5.64. The highest BCUT2D eigenvalue weighted by Crippen LogP contribution is 2.28. The van der Waals surface area contributed by atoms with Crippen molar-refractivity contribution < 1.29 is 14.3 Å². The van der Waals surface area contributed by atoms with E-state index in [0.29, 0.717) is 24.4 Å². The average Bonchev–Trinajstić information content (AvgIpc) is 2.75. The molecule has 1 aliphatic heterocycles. The molecule has 3 rings (SSSR count). The predicted octanol–water partition coefficient (Wildman–Crippen LogP) is 2.91. The topological polar surface area (TPSA) is 46.6 Å². The molecule has 2 aromatic carbocycles. The van der Waals surface area contributed by atoms with Gasteiger partial charge in [-0.05, 0) is 37.1 Å². The van der Waals surface area contributed by atoms with Gasteiger partial charge in [0.1, 0.15) is 12.4 Å². The predicted molar refractivity (Wildman–Crippen MR) is 84.5 cm³/mol. The van der Waals surface area contributed by atoms with Gasteiger partial charge in [0.25, 0.3) is 11.7 Å². The Morgan fingerprint density at radius 3 is 2.36 bits per heavy atom. The highest BCUT2D eigenvalue weighted by Gasteiger charge is 2.35. The van der Waals surface area contributed by atoms with Gasteiger partial charge in [-0.15, -0.1) is 0 Å². The first-order chi connectivity index (χ1) is 10.6. The van der Waals surface area contributed by atoms with Gasteiger partial charge >= 0.3 is 0 Å². The highest BCUT2D eigenvalue weighted by molar-refractivity contribution is 6.52. The molecule has 0 atom stereocenters. The molecule has 0 saturated heterocycles. The summed E-state index contributed by atoms with van der Waals surface area (Å²) >= 11 is 0. The number of fused-ring (bicyclic) bond motifs is 1. The fourth-order valence-electron chi connectivity index (χ4n) is 2.74. The van der Waals surface area contributed by atoms with Crippen LogP contribution in [-0.2, 0) is 4.79 Å². The van der Waals surface area contributed by atoms with Crippen LogP contribution in [-0.4, -0.2) is 24.8 Å². The van der Waals surface area contributed by atoms with Gasteiger partial charge in [0.15, 0.2) is 0 Å². The van der Waals surface area contributed by atoms with Gasteiger partial charge in [-0.2, -0.15) is 0 Å². The Bertz CT molecular complexity index is 731. The van der Waals surface area contributed by atoms with E-state index in [-0.39, 0.29) is 0 Å². The normalized spacial score (nSPS) is 13.5. The SMILES string of the molecule is Cc1cccc(C)c1OCCN1C(=O)C(=O)c2ccccc21. The van der Waals surface area contributed by atoms with Gasteiger partial charge in [0.05, 0.1) is 17.8 Å². The van der Waals surface area contributed by atoms with E-state index in [1.807, 2.05) is 38.1 Å². The summed E-state index contributed by atoms with van der Waals surface area (Å²) in [5.74, 6) is -0.0808. The number of ether oxygens (including phenoxy) is 1. The second-order valence-electron chi connectivity index (χ2n) is 5.37. The molecule has 0 bridgehead atoms. The van der Waals surface area contributed by atoms with Crippen molar-refractivity contribution in [3.63, 3.8) is 0 Å². The van der Waals surface area contributed by atoms with Crippen molar-refractivity contribution >= 4 is 17.4 Å². The quantitative estimate of drug-likeness (QED) is 0.815.